The highest BCUT2D eigenvalue weighted by molar-refractivity contribution is 6.31. The fourth-order valence-electron chi connectivity index (χ4n) is 1.89. The van der Waals surface area contributed by atoms with Crippen molar-refractivity contribution in [1.29, 1.82) is 0 Å². The van der Waals surface area contributed by atoms with Crippen molar-refractivity contribution < 1.29 is 0 Å². The molecule has 2 rings (SSSR count). The SMILES string of the molecule is Cc1nnc(-n2nc(C)c(Cl)c2C)c(CN)c1C. The molecule has 18 heavy (non-hydrogen) atoms. The van der Waals surface area contributed by atoms with Gasteiger partial charge in [0, 0.05) is 12.1 Å². The molecule has 96 valence electrons. The maximum atomic E-state index is 6.15. The number of rotatable bonds is 2. The van der Waals surface area contributed by atoms with Gasteiger partial charge in [0.2, 0.25) is 0 Å². The fourth-order valence-corrected chi connectivity index (χ4v) is 2.01. The lowest BCUT2D eigenvalue weighted by Gasteiger charge is -2.11. The third-order valence-corrected chi connectivity index (χ3v) is 3.71. The van der Waals surface area contributed by atoms with Crippen LogP contribution in [0.2, 0.25) is 5.02 Å². The van der Waals surface area contributed by atoms with E-state index in [2.05, 4.69) is 15.3 Å². The molecule has 2 N–H and O–H groups in total. The van der Waals surface area contributed by atoms with Crippen molar-refractivity contribution in [2.75, 3.05) is 0 Å². The van der Waals surface area contributed by atoms with Gasteiger partial charge in [0.15, 0.2) is 5.82 Å². The predicted molar refractivity (Wildman–Crippen MR) is 71.0 cm³/mol. The maximum Gasteiger partial charge on any atom is 0.180 e. The molecule has 0 aliphatic rings. The molecule has 0 saturated heterocycles. The Kier molecular flexibility index (Phi) is 3.36. The monoisotopic (exact) mass is 265 g/mol. The smallest absolute Gasteiger partial charge is 0.180 e. The molecule has 0 aliphatic heterocycles. The molecule has 2 aromatic heterocycles. The Hall–Kier alpha value is -1.46. The number of nitrogens with two attached hydrogens (primary N) is 1. The molecule has 0 amide bonds. The van der Waals surface area contributed by atoms with Crippen molar-refractivity contribution >= 4 is 11.6 Å². The summed E-state index contributed by atoms with van der Waals surface area (Å²) in [6.45, 7) is 8.07. The lowest BCUT2D eigenvalue weighted by Crippen LogP contribution is -2.13. The average molecular weight is 266 g/mol. The van der Waals surface area contributed by atoms with Gasteiger partial charge in [0.05, 0.1) is 22.1 Å². The number of hydrogen-bond acceptors (Lipinski definition) is 4. The third kappa shape index (κ3) is 1.89. The summed E-state index contributed by atoms with van der Waals surface area (Å²) in [6.07, 6.45) is 0. The molecular weight excluding hydrogens is 250 g/mol. The molecule has 0 spiro atoms. The van der Waals surface area contributed by atoms with Gasteiger partial charge in [-0.2, -0.15) is 10.2 Å². The van der Waals surface area contributed by atoms with Gasteiger partial charge in [-0.1, -0.05) is 11.6 Å². The highest BCUT2D eigenvalue weighted by Crippen LogP contribution is 2.24. The summed E-state index contributed by atoms with van der Waals surface area (Å²) in [7, 11) is 0. The van der Waals surface area contributed by atoms with E-state index in [-0.39, 0.29) is 0 Å². The highest BCUT2D eigenvalue weighted by atomic mass is 35.5. The predicted octanol–water partition coefficient (Wildman–Crippen LogP) is 2.01. The first-order chi connectivity index (χ1) is 8.47. The number of nitrogens with zero attached hydrogens (tertiary/aromatic N) is 4. The molecule has 6 heteroatoms. The van der Waals surface area contributed by atoms with Crippen LogP contribution in [-0.2, 0) is 6.54 Å². The summed E-state index contributed by atoms with van der Waals surface area (Å²) in [5.41, 5.74) is 10.3. The first-order valence-electron chi connectivity index (χ1n) is 5.72. The molecule has 0 unspecified atom stereocenters. The van der Waals surface area contributed by atoms with E-state index >= 15 is 0 Å². The molecule has 5 nitrogen and oxygen atoms in total. The van der Waals surface area contributed by atoms with Gasteiger partial charge in [-0.05, 0) is 33.3 Å². The van der Waals surface area contributed by atoms with Crippen molar-refractivity contribution in [2.24, 2.45) is 5.73 Å². The van der Waals surface area contributed by atoms with E-state index in [9.17, 15) is 0 Å². The van der Waals surface area contributed by atoms with Crippen molar-refractivity contribution in [1.82, 2.24) is 20.0 Å². The van der Waals surface area contributed by atoms with Crippen LogP contribution in [-0.4, -0.2) is 20.0 Å². The van der Waals surface area contributed by atoms with Crippen LogP contribution in [0.1, 0.15) is 28.2 Å². The zero-order valence-electron chi connectivity index (χ0n) is 11.0. The summed E-state index contributed by atoms with van der Waals surface area (Å²) in [4.78, 5) is 0. The molecule has 0 fully saturated rings. The molecule has 0 atom stereocenters. The second-order valence-corrected chi connectivity index (χ2v) is 4.69. The first kappa shape index (κ1) is 13.0. The second kappa shape index (κ2) is 4.66. The number of hydrogen-bond donors (Lipinski definition) is 1. The minimum absolute atomic E-state index is 0.396. The van der Waals surface area contributed by atoms with E-state index in [0.29, 0.717) is 17.4 Å². The highest BCUT2D eigenvalue weighted by Gasteiger charge is 2.17. The van der Waals surface area contributed by atoms with Crippen LogP contribution in [0.15, 0.2) is 0 Å². The molecule has 0 radical (unpaired) electrons. The minimum atomic E-state index is 0.396. The Morgan fingerprint density at radius 2 is 1.78 bits per heavy atom. The van der Waals surface area contributed by atoms with Gasteiger partial charge in [-0.15, -0.1) is 5.10 Å². The number of aryl methyl sites for hydroxylation is 2. The Balaban J connectivity index is 2.71. The second-order valence-electron chi connectivity index (χ2n) is 4.31. The van der Waals surface area contributed by atoms with Crippen molar-refractivity contribution in [3.05, 3.63) is 33.2 Å². The van der Waals surface area contributed by atoms with E-state index in [1.807, 2.05) is 27.7 Å². The van der Waals surface area contributed by atoms with Crippen molar-refractivity contribution in [3.8, 4) is 5.82 Å². The van der Waals surface area contributed by atoms with E-state index in [1.165, 1.54) is 0 Å². The molecular formula is C12H16ClN5. The molecule has 0 saturated carbocycles. The van der Waals surface area contributed by atoms with Crippen LogP contribution in [0.3, 0.4) is 0 Å². The number of aromatic nitrogens is 4. The van der Waals surface area contributed by atoms with Gasteiger partial charge >= 0.3 is 0 Å². The Labute approximate surface area is 111 Å². The van der Waals surface area contributed by atoms with Gasteiger partial charge in [-0.25, -0.2) is 4.68 Å². The topological polar surface area (TPSA) is 69.6 Å². The van der Waals surface area contributed by atoms with E-state index < -0.39 is 0 Å². The summed E-state index contributed by atoms with van der Waals surface area (Å²) in [5, 5.41) is 13.4. The van der Waals surface area contributed by atoms with Crippen LogP contribution in [0, 0.1) is 27.7 Å². The maximum absolute atomic E-state index is 6.15. The van der Waals surface area contributed by atoms with Crippen LogP contribution in [0.4, 0.5) is 0 Å². The zero-order chi connectivity index (χ0) is 13.4. The van der Waals surface area contributed by atoms with Crippen LogP contribution < -0.4 is 5.73 Å². The molecule has 2 heterocycles. The summed E-state index contributed by atoms with van der Waals surface area (Å²) >= 11 is 6.15. The van der Waals surface area contributed by atoms with Crippen LogP contribution in [0.25, 0.3) is 5.82 Å². The van der Waals surface area contributed by atoms with E-state index in [4.69, 9.17) is 17.3 Å². The quantitative estimate of drug-likeness (QED) is 0.902. The average Bonchev–Trinajstić information content (AvgIpc) is 2.60. The van der Waals surface area contributed by atoms with E-state index in [0.717, 1.165) is 28.2 Å². The van der Waals surface area contributed by atoms with Crippen LogP contribution >= 0.6 is 11.6 Å². The van der Waals surface area contributed by atoms with Crippen molar-refractivity contribution in [2.45, 2.75) is 34.2 Å². The molecule has 0 aliphatic carbocycles. The molecule has 0 bridgehead atoms. The van der Waals surface area contributed by atoms with E-state index in [1.54, 1.807) is 4.68 Å². The Morgan fingerprint density at radius 3 is 2.28 bits per heavy atom. The van der Waals surface area contributed by atoms with Crippen LogP contribution in [0.5, 0.6) is 0 Å². The summed E-state index contributed by atoms with van der Waals surface area (Å²) in [6, 6.07) is 0. The standard InChI is InChI=1S/C12H16ClN5/c1-6-7(2)15-16-12(10(6)5-14)18-9(4)11(13)8(3)17-18/h5,14H2,1-4H3. The lowest BCUT2D eigenvalue weighted by molar-refractivity contribution is 0.751. The van der Waals surface area contributed by atoms with Gasteiger partial charge in [0.25, 0.3) is 0 Å². The summed E-state index contributed by atoms with van der Waals surface area (Å²) < 4.78 is 1.71. The first-order valence-corrected chi connectivity index (χ1v) is 6.10. The molecule has 2 aromatic rings. The summed E-state index contributed by atoms with van der Waals surface area (Å²) in [5.74, 6) is 0.660. The Bertz CT molecular complexity index is 603. The Morgan fingerprint density at radius 1 is 1.11 bits per heavy atom. The fraction of sp³-hybridized carbons (Fsp3) is 0.417. The van der Waals surface area contributed by atoms with Gasteiger partial charge in [0.1, 0.15) is 0 Å². The van der Waals surface area contributed by atoms with Gasteiger partial charge < -0.3 is 5.73 Å². The lowest BCUT2D eigenvalue weighted by atomic mass is 10.1. The normalized spacial score (nSPS) is 11.0. The minimum Gasteiger partial charge on any atom is -0.326 e. The molecule has 0 aromatic carbocycles. The van der Waals surface area contributed by atoms with Crippen molar-refractivity contribution in [3.63, 3.8) is 0 Å². The largest absolute Gasteiger partial charge is 0.326 e. The number of halogens is 1. The third-order valence-electron chi connectivity index (χ3n) is 3.17. The van der Waals surface area contributed by atoms with Gasteiger partial charge in [-0.3, -0.25) is 0 Å². The zero-order valence-corrected chi connectivity index (χ0v) is 11.7.